The first-order valence-electron chi connectivity index (χ1n) is 14.1. The van der Waals surface area contributed by atoms with Crippen molar-refractivity contribution in [3.8, 4) is 11.3 Å². The van der Waals surface area contributed by atoms with Gasteiger partial charge in [0.2, 0.25) is 17.6 Å². The average Bonchev–Trinajstić information content (AvgIpc) is 3.26. The number of esters is 1. The Morgan fingerprint density at radius 1 is 0.952 bits per heavy atom. The van der Waals surface area contributed by atoms with E-state index < -0.39 is 12.1 Å². The molecule has 4 atom stereocenters. The van der Waals surface area contributed by atoms with Gasteiger partial charge in [-0.15, -0.1) is 0 Å². The minimum Gasteiger partial charge on any atom is -0.451 e. The van der Waals surface area contributed by atoms with Crippen molar-refractivity contribution in [1.29, 1.82) is 0 Å². The van der Waals surface area contributed by atoms with Crippen LogP contribution in [-0.4, -0.2) is 34.7 Å². The van der Waals surface area contributed by atoms with Crippen LogP contribution in [0.1, 0.15) is 46.5 Å². The van der Waals surface area contributed by atoms with Gasteiger partial charge in [-0.3, -0.25) is 19.3 Å². The lowest BCUT2D eigenvalue weighted by molar-refractivity contribution is -0.122. The molecule has 3 aromatic carbocycles. The van der Waals surface area contributed by atoms with E-state index in [-0.39, 0.29) is 35.4 Å². The van der Waals surface area contributed by atoms with Gasteiger partial charge in [-0.2, -0.15) is 0 Å². The maximum absolute atomic E-state index is 13.5. The van der Waals surface area contributed by atoms with Crippen LogP contribution in [0.15, 0.2) is 91.0 Å². The predicted octanol–water partition coefficient (Wildman–Crippen LogP) is 6.34. The molecule has 7 heteroatoms. The number of ether oxygens (including phenoxy) is 1. The first-order chi connectivity index (χ1) is 20.2. The van der Waals surface area contributed by atoms with E-state index >= 15 is 0 Å². The van der Waals surface area contributed by atoms with E-state index in [1.54, 1.807) is 61.5 Å². The SMILES string of the molecule is Cc1ccc2nc(-c3ccc(N4C(=O)[C@H]5[C@H](C)C=CC[C@@H]5C4=O)cc3)cc(C(=O)O[C@@H](C)C(=O)c3ccccc3)c2c1. The molecule has 0 N–H and O–H groups in total. The molecule has 42 heavy (non-hydrogen) atoms. The number of allylic oxidation sites excluding steroid dienone is 2. The number of aryl methyl sites for hydroxylation is 1. The standard InChI is InChI=1S/C35H30N2O5/c1-20-12-17-29-27(18-20)28(35(41)42-22(3)32(38)24-9-5-4-6-10-24)19-30(36-29)23-13-15-25(16-14-23)37-33(39)26-11-7-8-21(2)31(26)34(37)40/h4-10,12-19,21-22,26,31H,11H2,1-3H3/t21-,22+,26+,31+/m1/s1. The van der Waals surface area contributed by atoms with E-state index in [0.29, 0.717) is 45.4 Å². The fourth-order valence-corrected chi connectivity index (χ4v) is 5.95. The number of nitrogens with zero attached hydrogens (tertiary/aromatic N) is 2. The van der Waals surface area contributed by atoms with Crippen molar-refractivity contribution in [1.82, 2.24) is 4.98 Å². The quantitative estimate of drug-likeness (QED) is 0.119. The summed E-state index contributed by atoms with van der Waals surface area (Å²) >= 11 is 0. The van der Waals surface area contributed by atoms with Crippen LogP contribution in [0.3, 0.4) is 0 Å². The van der Waals surface area contributed by atoms with Crippen molar-refractivity contribution in [3.63, 3.8) is 0 Å². The Morgan fingerprint density at radius 3 is 2.40 bits per heavy atom. The van der Waals surface area contributed by atoms with E-state index in [0.717, 1.165) is 5.56 Å². The highest BCUT2D eigenvalue weighted by Crippen LogP contribution is 2.40. The van der Waals surface area contributed by atoms with Gasteiger partial charge in [-0.25, -0.2) is 9.78 Å². The van der Waals surface area contributed by atoms with E-state index in [2.05, 4.69) is 0 Å². The monoisotopic (exact) mass is 558 g/mol. The molecule has 1 saturated heterocycles. The molecule has 2 heterocycles. The van der Waals surface area contributed by atoms with E-state index in [1.807, 2.05) is 50.3 Å². The number of rotatable bonds is 6. The minimum atomic E-state index is -0.979. The van der Waals surface area contributed by atoms with Crippen LogP contribution >= 0.6 is 0 Å². The molecular formula is C35H30N2O5. The molecule has 0 spiro atoms. The molecule has 1 aliphatic carbocycles. The first-order valence-corrected chi connectivity index (χ1v) is 14.1. The van der Waals surface area contributed by atoms with Crippen LogP contribution in [-0.2, 0) is 14.3 Å². The van der Waals surface area contributed by atoms with Gasteiger partial charge in [0.15, 0.2) is 6.10 Å². The summed E-state index contributed by atoms with van der Waals surface area (Å²) in [5.74, 6) is -1.90. The number of pyridine rings is 1. The summed E-state index contributed by atoms with van der Waals surface area (Å²) in [7, 11) is 0. The number of hydrogen-bond acceptors (Lipinski definition) is 6. The van der Waals surface area contributed by atoms with Crippen molar-refractivity contribution in [2.45, 2.75) is 33.3 Å². The summed E-state index contributed by atoms with van der Waals surface area (Å²) < 4.78 is 5.65. The third-order valence-corrected chi connectivity index (χ3v) is 8.19. The first kappa shape index (κ1) is 27.3. The number of carbonyl (C=O) groups excluding carboxylic acids is 4. The second-order valence-electron chi connectivity index (χ2n) is 11.1. The second-order valence-corrected chi connectivity index (χ2v) is 11.1. The molecule has 2 aliphatic rings. The van der Waals surface area contributed by atoms with Gasteiger partial charge in [-0.1, -0.05) is 73.2 Å². The highest BCUT2D eigenvalue weighted by molar-refractivity contribution is 6.22. The summed E-state index contributed by atoms with van der Waals surface area (Å²) in [6.07, 6.45) is 3.58. The number of hydrogen-bond donors (Lipinski definition) is 0. The molecule has 0 unspecified atom stereocenters. The predicted molar refractivity (Wildman–Crippen MR) is 160 cm³/mol. The van der Waals surface area contributed by atoms with Gasteiger partial charge in [0, 0.05) is 16.5 Å². The lowest BCUT2D eigenvalue weighted by Crippen LogP contribution is -2.31. The van der Waals surface area contributed by atoms with Crippen LogP contribution in [0, 0.1) is 24.7 Å². The Balaban J connectivity index is 1.31. The molecule has 210 valence electrons. The molecule has 7 nitrogen and oxygen atoms in total. The number of amides is 2. The van der Waals surface area contributed by atoms with E-state index in [4.69, 9.17) is 9.72 Å². The maximum Gasteiger partial charge on any atom is 0.339 e. The molecule has 0 radical (unpaired) electrons. The van der Waals surface area contributed by atoms with Gasteiger partial charge >= 0.3 is 5.97 Å². The molecular weight excluding hydrogens is 528 g/mol. The largest absolute Gasteiger partial charge is 0.451 e. The average molecular weight is 559 g/mol. The van der Waals surface area contributed by atoms with Crippen molar-refractivity contribution in [2.24, 2.45) is 17.8 Å². The third kappa shape index (κ3) is 4.81. The van der Waals surface area contributed by atoms with Gasteiger partial charge in [-0.05, 0) is 56.5 Å². The number of ketones is 1. The number of Topliss-reactive ketones (excluding diaryl/α,β-unsaturated/α-hetero) is 1. The summed E-state index contributed by atoms with van der Waals surface area (Å²) in [5, 5.41) is 0.623. The van der Waals surface area contributed by atoms with Gasteiger partial charge < -0.3 is 4.74 Å². The smallest absolute Gasteiger partial charge is 0.339 e. The van der Waals surface area contributed by atoms with Crippen LogP contribution in [0.5, 0.6) is 0 Å². The summed E-state index contributed by atoms with van der Waals surface area (Å²) in [6.45, 7) is 5.46. The molecule has 1 aliphatic heterocycles. The second kappa shape index (κ2) is 10.8. The minimum absolute atomic E-state index is 0.0128. The molecule has 6 rings (SSSR count). The van der Waals surface area contributed by atoms with Crippen LogP contribution in [0.4, 0.5) is 5.69 Å². The zero-order valence-corrected chi connectivity index (χ0v) is 23.6. The number of fused-ring (bicyclic) bond motifs is 2. The fraction of sp³-hybridized carbons (Fsp3) is 0.229. The van der Waals surface area contributed by atoms with Crippen molar-refractivity contribution in [3.05, 3.63) is 108 Å². The van der Waals surface area contributed by atoms with Crippen molar-refractivity contribution >= 4 is 40.2 Å². The molecule has 1 aromatic heterocycles. The van der Waals surface area contributed by atoms with Crippen LogP contribution in [0.25, 0.3) is 22.2 Å². The summed E-state index contributed by atoms with van der Waals surface area (Å²) in [5.41, 5.74) is 4.06. The Hall–Kier alpha value is -4.91. The third-order valence-electron chi connectivity index (χ3n) is 8.19. The fourth-order valence-electron chi connectivity index (χ4n) is 5.95. The lowest BCUT2D eigenvalue weighted by Gasteiger charge is -2.22. The number of imide groups is 1. The Kier molecular flexibility index (Phi) is 7.02. The highest BCUT2D eigenvalue weighted by Gasteiger charge is 2.50. The van der Waals surface area contributed by atoms with E-state index in [1.165, 1.54) is 4.90 Å². The molecule has 4 aromatic rings. The lowest BCUT2D eigenvalue weighted by atomic mass is 9.78. The maximum atomic E-state index is 13.5. The van der Waals surface area contributed by atoms with E-state index in [9.17, 15) is 19.2 Å². The molecule has 0 bridgehead atoms. The number of benzene rings is 3. The van der Waals surface area contributed by atoms with Crippen molar-refractivity contribution in [2.75, 3.05) is 4.90 Å². The van der Waals surface area contributed by atoms with Crippen LogP contribution < -0.4 is 4.90 Å². The van der Waals surface area contributed by atoms with Gasteiger partial charge in [0.25, 0.3) is 0 Å². The zero-order valence-electron chi connectivity index (χ0n) is 23.6. The molecule has 1 fully saturated rings. The zero-order chi connectivity index (χ0) is 29.5. The summed E-state index contributed by atoms with van der Waals surface area (Å²) in [6, 6.07) is 23.1. The molecule has 2 amide bonds. The van der Waals surface area contributed by atoms with Crippen molar-refractivity contribution < 1.29 is 23.9 Å². The van der Waals surface area contributed by atoms with Crippen LogP contribution in [0.2, 0.25) is 0 Å². The van der Waals surface area contributed by atoms with Gasteiger partial charge in [0.1, 0.15) is 0 Å². The number of aromatic nitrogens is 1. The number of anilines is 1. The van der Waals surface area contributed by atoms with Gasteiger partial charge in [0.05, 0.1) is 34.3 Å². The Bertz CT molecular complexity index is 1760. The number of carbonyl (C=O) groups is 4. The summed E-state index contributed by atoms with van der Waals surface area (Å²) in [4.78, 5) is 58.8. The normalized spacial score (nSPS) is 20.5. The molecule has 0 saturated carbocycles. The topological polar surface area (TPSA) is 93.6 Å². The highest BCUT2D eigenvalue weighted by atomic mass is 16.5. The Labute approximate surface area is 243 Å². The Morgan fingerprint density at radius 2 is 1.69 bits per heavy atom.